The molecule has 1 aromatic rings. The second-order valence-electron chi connectivity index (χ2n) is 3.33. The molecular formula is C10H11Br2NO. The molecule has 0 saturated carbocycles. The first-order valence-corrected chi connectivity index (χ1v) is 6.13. The van der Waals surface area contributed by atoms with E-state index in [0.29, 0.717) is 6.04 Å². The molecule has 0 amide bonds. The van der Waals surface area contributed by atoms with Crippen molar-refractivity contribution in [1.82, 2.24) is 0 Å². The van der Waals surface area contributed by atoms with Gasteiger partial charge in [0.05, 0.1) is 12.6 Å². The summed E-state index contributed by atoms with van der Waals surface area (Å²) >= 11 is 6.95. The quantitative estimate of drug-likeness (QED) is 0.901. The zero-order valence-electron chi connectivity index (χ0n) is 7.59. The van der Waals surface area contributed by atoms with E-state index in [4.69, 9.17) is 4.74 Å². The van der Waals surface area contributed by atoms with Crippen LogP contribution >= 0.6 is 31.9 Å². The van der Waals surface area contributed by atoms with E-state index in [0.717, 1.165) is 34.3 Å². The average Bonchev–Trinajstić information content (AvgIpc) is 2.62. The highest BCUT2D eigenvalue weighted by Crippen LogP contribution is 2.27. The van der Waals surface area contributed by atoms with Crippen LogP contribution in [0, 0.1) is 0 Å². The number of anilines is 1. The summed E-state index contributed by atoms with van der Waals surface area (Å²) in [7, 11) is 0. The van der Waals surface area contributed by atoms with Crippen LogP contribution in [0.1, 0.15) is 6.42 Å². The van der Waals surface area contributed by atoms with Gasteiger partial charge in [-0.05, 0) is 40.5 Å². The number of rotatable bonds is 2. The number of ether oxygens (including phenoxy) is 1. The Balaban J connectivity index is 2.08. The molecule has 0 radical (unpaired) electrons. The Morgan fingerprint density at radius 3 is 2.86 bits per heavy atom. The molecule has 1 aliphatic rings. The maximum Gasteiger partial charge on any atom is 0.0668 e. The third-order valence-electron chi connectivity index (χ3n) is 2.22. The van der Waals surface area contributed by atoms with Crippen molar-refractivity contribution in [3.05, 3.63) is 27.1 Å². The lowest BCUT2D eigenvalue weighted by molar-refractivity contribution is 0.195. The highest BCUT2D eigenvalue weighted by Gasteiger charge is 2.15. The van der Waals surface area contributed by atoms with Gasteiger partial charge in [0.2, 0.25) is 0 Å². The first-order valence-electron chi connectivity index (χ1n) is 4.55. The summed E-state index contributed by atoms with van der Waals surface area (Å²) < 4.78 is 7.47. The Morgan fingerprint density at radius 2 is 2.21 bits per heavy atom. The zero-order chi connectivity index (χ0) is 9.97. The Kier molecular flexibility index (Phi) is 3.47. The summed E-state index contributed by atoms with van der Waals surface area (Å²) in [4.78, 5) is 0. The van der Waals surface area contributed by atoms with Gasteiger partial charge >= 0.3 is 0 Å². The average molecular weight is 321 g/mol. The lowest BCUT2D eigenvalue weighted by atomic mass is 10.2. The number of nitrogens with one attached hydrogen (secondary N) is 1. The number of benzene rings is 1. The summed E-state index contributed by atoms with van der Waals surface area (Å²) in [5, 5.41) is 3.44. The molecule has 1 N–H and O–H groups in total. The van der Waals surface area contributed by atoms with E-state index in [-0.39, 0.29) is 0 Å². The molecule has 76 valence electrons. The minimum absolute atomic E-state index is 0.451. The van der Waals surface area contributed by atoms with E-state index >= 15 is 0 Å². The van der Waals surface area contributed by atoms with Crippen LogP contribution in [0.15, 0.2) is 27.1 Å². The van der Waals surface area contributed by atoms with E-state index in [1.54, 1.807) is 0 Å². The normalized spacial score (nSPS) is 21.1. The largest absolute Gasteiger partial charge is 0.379 e. The molecule has 0 aliphatic carbocycles. The summed E-state index contributed by atoms with van der Waals surface area (Å²) in [6.45, 7) is 1.67. The molecule has 1 aromatic carbocycles. The molecule has 4 heteroatoms. The van der Waals surface area contributed by atoms with E-state index in [1.165, 1.54) is 0 Å². The molecule has 2 nitrogen and oxygen atoms in total. The molecule has 1 fully saturated rings. The Bertz CT molecular complexity index is 324. The van der Waals surface area contributed by atoms with Crippen molar-refractivity contribution in [3.8, 4) is 0 Å². The lowest BCUT2D eigenvalue weighted by Gasteiger charge is -2.13. The Hall–Kier alpha value is -0.0600. The van der Waals surface area contributed by atoms with Gasteiger partial charge in [0.1, 0.15) is 0 Å². The predicted octanol–water partition coefficient (Wildman–Crippen LogP) is 3.41. The van der Waals surface area contributed by atoms with Gasteiger partial charge in [0, 0.05) is 21.2 Å². The number of hydrogen-bond acceptors (Lipinski definition) is 2. The van der Waals surface area contributed by atoms with Crippen molar-refractivity contribution in [2.24, 2.45) is 0 Å². The summed E-state index contributed by atoms with van der Waals surface area (Å²) in [6.07, 6.45) is 1.09. The van der Waals surface area contributed by atoms with Crippen LogP contribution in [-0.2, 0) is 4.74 Å². The molecule has 1 heterocycles. The van der Waals surface area contributed by atoms with Crippen LogP contribution in [0.25, 0.3) is 0 Å². The van der Waals surface area contributed by atoms with Gasteiger partial charge in [-0.3, -0.25) is 0 Å². The fourth-order valence-electron chi connectivity index (χ4n) is 1.47. The number of halogens is 2. The highest BCUT2D eigenvalue weighted by atomic mass is 79.9. The van der Waals surface area contributed by atoms with Gasteiger partial charge < -0.3 is 10.1 Å². The Labute approximate surface area is 100 Å². The maximum atomic E-state index is 5.31. The fraction of sp³-hybridized carbons (Fsp3) is 0.400. The van der Waals surface area contributed by atoms with E-state index < -0.39 is 0 Å². The minimum Gasteiger partial charge on any atom is -0.379 e. The molecule has 14 heavy (non-hydrogen) atoms. The van der Waals surface area contributed by atoms with Crippen LogP contribution in [0.2, 0.25) is 0 Å². The van der Waals surface area contributed by atoms with Crippen molar-refractivity contribution in [1.29, 1.82) is 0 Å². The second-order valence-corrected chi connectivity index (χ2v) is 5.10. The first-order chi connectivity index (χ1) is 6.75. The number of hydrogen-bond donors (Lipinski definition) is 1. The van der Waals surface area contributed by atoms with Crippen molar-refractivity contribution in [2.75, 3.05) is 18.5 Å². The molecule has 1 atom stereocenters. The van der Waals surface area contributed by atoms with Crippen LogP contribution in [-0.4, -0.2) is 19.3 Å². The molecule has 2 rings (SSSR count). The van der Waals surface area contributed by atoms with Gasteiger partial charge in [-0.25, -0.2) is 0 Å². The van der Waals surface area contributed by atoms with Crippen LogP contribution in [0.3, 0.4) is 0 Å². The van der Waals surface area contributed by atoms with E-state index in [9.17, 15) is 0 Å². The molecule has 1 aliphatic heterocycles. The topological polar surface area (TPSA) is 21.3 Å². The fourth-order valence-corrected chi connectivity index (χ4v) is 2.64. The monoisotopic (exact) mass is 319 g/mol. The van der Waals surface area contributed by atoms with Gasteiger partial charge in [-0.1, -0.05) is 15.9 Å². The molecule has 0 bridgehead atoms. The minimum atomic E-state index is 0.451. The van der Waals surface area contributed by atoms with Crippen LogP contribution in [0.4, 0.5) is 5.69 Å². The van der Waals surface area contributed by atoms with Gasteiger partial charge in [0.25, 0.3) is 0 Å². The van der Waals surface area contributed by atoms with E-state index in [1.807, 2.05) is 12.1 Å². The SMILES string of the molecule is Brc1ccc(NC2CCOC2)c(Br)c1. The Morgan fingerprint density at radius 1 is 1.36 bits per heavy atom. The molecule has 0 spiro atoms. The zero-order valence-corrected chi connectivity index (χ0v) is 10.8. The van der Waals surface area contributed by atoms with Crippen molar-refractivity contribution >= 4 is 37.5 Å². The summed E-state index contributed by atoms with van der Waals surface area (Å²) in [6, 6.07) is 6.58. The third-order valence-corrected chi connectivity index (χ3v) is 3.37. The van der Waals surface area contributed by atoms with E-state index in [2.05, 4.69) is 43.2 Å². The maximum absolute atomic E-state index is 5.31. The van der Waals surface area contributed by atoms with Crippen molar-refractivity contribution < 1.29 is 4.74 Å². The highest BCUT2D eigenvalue weighted by molar-refractivity contribution is 9.11. The lowest BCUT2D eigenvalue weighted by Crippen LogP contribution is -2.19. The summed E-state index contributed by atoms with van der Waals surface area (Å²) in [5.74, 6) is 0. The van der Waals surface area contributed by atoms with Crippen LogP contribution in [0.5, 0.6) is 0 Å². The smallest absolute Gasteiger partial charge is 0.0668 e. The predicted molar refractivity (Wildman–Crippen MR) is 64.7 cm³/mol. The molecular weight excluding hydrogens is 310 g/mol. The van der Waals surface area contributed by atoms with Gasteiger partial charge in [-0.15, -0.1) is 0 Å². The van der Waals surface area contributed by atoms with Crippen LogP contribution < -0.4 is 5.32 Å². The molecule has 1 unspecified atom stereocenters. The van der Waals surface area contributed by atoms with Gasteiger partial charge in [0.15, 0.2) is 0 Å². The first kappa shape index (κ1) is 10.5. The second kappa shape index (κ2) is 4.64. The third kappa shape index (κ3) is 2.49. The van der Waals surface area contributed by atoms with Crippen molar-refractivity contribution in [3.63, 3.8) is 0 Å². The molecule has 0 aromatic heterocycles. The van der Waals surface area contributed by atoms with Crippen molar-refractivity contribution in [2.45, 2.75) is 12.5 Å². The van der Waals surface area contributed by atoms with Gasteiger partial charge in [-0.2, -0.15) is 0 Å². The summed E-state index contributed by atoms with van der Waals surface area (Å²) in [5.41, 5.74) is 1.13. The molecule has 1 saturated heterocycles. The standard InChI is InChI=1S/C10H11Br2NO/c11-7-1-2-10(9(12)5-7)13-8-3-4-14-6-8/h1-2,5,8,13H,3-4,6H2.